The summed E-state index contributed by atoms with van der Waals surface area (Å²) in [4.78, 5) is 0. The number of nitrogens with one attached hydrogen (secondary N) is 1. The van der Waals surface area contributed by atoms with Gasteiger partial charge < -0.3 is 10.4 Å². The van der Waals surface area contributed by atoms with Crippen LogP contribution in [0.1, 0.15) is 30.1 Å². The van der Waals surface area contributed by atoms with Crippen LogP contribution >= 0.6 is 0 Å². The van der Waals surface area contributed by atoms with Gasteiger partial charge in [-0.15, -0.1) is 0 Å². The van der Waals surface area contributed by atoms with Crippen LogP contribution in [0.2, 0.25) is 0 Å². The van der Waals surface area contributed by atoms with E-state index in [1.807, 2.05) is 37.3 Å². The van der Waals surface area contributed by atoms with Crippen LogP contribution < -0.4 is 5.32 Å². The zero-order valence-electron chi connectivity index (χ0n) is 11.2. The van der Waals surface area contributed by atoms with E-state index < -0.39 is 11.6 Å². The predicted molar refractivity (Wildman–Crippen MR) is 74.2 cm³/mol. The molecule has 0 saturated heterocycles. The Labute approximate surface area is 117 Å². The number of hydrogen-bond acceptors (Lipinski definition) is 2. The monoisotopic (exact) mass is 277 g/mol. The lowest BCUT2D eigenvalue weighted by Crippen LogP contribution is -2.27. The number of aliphatic hydroxyl groups excluding tert-OH is 1. The van der Waals surface area contributed by atoms with Crippen molar-refractivity contribution in [3.8, 4) is 0 Å². The van der Waals surface area contributed by atoms with Gasteiger partial charge in [-0.1, -0.05) is 36.4 Å². The van der Waals surface area contributed by atoms with Gasteiger partial charge in [0.15, 0.2) is 11.6 Å². The van der Waals surface area contributed by atoms with Crippen molar-refractivity contribution in [2.45, 2.75) is 19.0 Å². The molecule has 2 atom stereocenters. The fourth-order valence-electron chi connectivity index (χ4n) is 2.12. The third-order valence-corrected chi connectivity index (χ3v) is 3.28. The molecule has 0 heterocycles. The van der Waals surface area contributed by atoms with E-state index in [0.717, 1.165) is 11.6 Å². The number of halogens is 2. The van der Waals surface area contributed by atoms with E-state index >= 15 is 0 Å². The average molecular weight is 277 g/mol. The molecular weight excluding hydrogens is 260 g/mol. The molecule has 2 aromatic rings. The minimum absolute atomic E-state index is 0.0714. The van der Waals surface area contributed by atoms with Gasteiger partial charge in [0.25, 0.3) is 0 Å². The molecule has 2 aromatic carbocycles. The van der Waals surface area contributed by atoms with Crippen LogP contribution in [0.15, 0.2) is 48.5 Å². The largest absolute Gasteiger partial charge is 0.394 e. The standard InChI is InChI=1S/C16H17F2NO/c1-11(13-7-8-14(17)15(18)9-13)19-16(10-20)12-5-3-2-4-6-12/h2-9,11,16,19-20H,10H2,1H3/t11?,16-/m1/s1. The maximum atomic E-state index is 13.2. The van der Waals surface area contributed by atoms with E-state index in [4.69, 9.17) is 0 Å². The van der Waals surface area contributed by atoms with Gasteiger partial charge >= 0.3 is 0 Å². The molecule has 0 aromatic heterocycles. The van der Waals surface area contributed by atoms with Crippen molar-refractivity contribution in [3.05, 3.63) is 71.3 Å². The summed E-state index contributed by atoms with van der Waals surface area (Å²) in [5.74, 6) is -1.72. The van der Waals surface area contributed by atoms with Crippen LogP contribution in [0.25, 0.3) is 0 Å². The first-order chi connectivity index (χ1) is 9.61. The number of benzene rings is 2. The molecule has 0 spiro atoms. The molecule has 1 unspecified atom stereocenters. The van der Waals surface area contributed by atoms with Crippen LogP contribution in [0, 0.1) is 11.6 Å². The Morgan fingerprint density at radius 2 is 1.70 bits per heavy atom. The van der Waals surface area contributed by atoms with Gasteiger partial charge in [0.2, 0.25) is 0 Å². The average Bonchev–Trinajstić information content (AvgIpc) is 2.48. The van der Waals surface area contributed by atoms with Gasteiger partial charge in [0.05, 0.1) is 12.6 Å². The number of rotatable bonds is 5. The highest BCUT2D eigenvalue weighted by atomic mass is 19.2. The molecular formula is C16H17F2NO. The molecule has 20 heavy (non-hydrogen) atoms. The maximum absolute atomic E-state index is 13.2. The molecule has 0 radical (unpaired) electrons. The summed E-state index contributed by atoms with van der Waals surface area (Å²) in [5.41, 5.74) is 1.59. The summed E-state index contributed by atoms with van der Waals surface area (Å²) < 4.78 is 26.2. The number of hydrogen-bond donors (Lipinski definition) is 2. The normalized spacial score (nSPS) is 14.0. The van der Waals surface area contributed by atoms with E-state index in [9.17, 15) is 13.9 Å². The van der Waals surface area contributed by atoms with Gasteiger partial charge in [0.1, 0.15) is 0 Å². The first-order valence-corrected chi connectivity index (χ1v) is 6.48. The Bertz CT molecular complexity index is 560. The van der Waals surface area contributed by atoms with Crippen molar-refractivity contribution in [2.75, 3.05) is 6.61 Å². The highest BCUT2D eigenvalue weighted by Crippen LogP contribution is 2.20. The third kappa shape index (κ3) is 3.40. The van der Waals surface area contributed by atoms with E-state index in [1.165, 1.54) is 12.1 Å². The summed E-state index contributed by atoms with van der Waals surface area (Å²) in [6.07, 6.45) is 0. The molecule has 0 amide bonds. The fraction of sp³-hybridized carbons (Fsp3) is 0.250. The van der Waals surface area contributed by atoms with Crippen LogP contribution in [0.4, 0.5) is 8.78 Å². The molecule has 2 nitrogen and oxygen atoms in total. The molecule has 0 aliphatic rings. The van der Waals surface area contributed by atoms with Gasteiger partial charge in [-0.3, -0.25) is 0 Å². The zero-order chi connectivity index (χ0) is 14.5. The first-order valence-electron chi connectivity index (χ1n) is 6.48. The van der Waals surface area contributed by atoms with E-state index in [-0.39, 0.29) is 18.7 Å². The van der Waals surface area contributed by atoms with Crippen molar-refractivity contribution in [1.82, 2.24) is 5.32 Å². The number of aliphatic hydroxyl groups is 1. The van der Waals surface area contributed by atoms with Gasteiger partial charge in [0, 0.05) is 6.04 Å². The lowest BCUT2D eigenvalue weighted by Gasteiger charge is -2.22. The minimum atomic E-state index is -0.864. The van der Waals surface area contributed by atoms with Crippen LogP contribution in [-0.2, 0) is 0 Å². The Kier molecular flexibility index (Phi) is 4.82. The third-order valence-electron chi connectivity index (χ3n) is 3.28. The molecule has 106 valence electrons. The topological polar surface area (TPSA) is 32.3 Å². The Morgan fingerprint density at radius 3 is 2.30 bits per heavy atom. The molecule has 2 rings (SSSR count). The Balaban J connectivity index is 2.13. The highest BCUT2D eigenvalue weighted by Gasteiger charge is 2.15. The summed E-state index contributed by atoms with van der Waals surface area (Å²) in [5, 5.41) is 12.7. The van der Waals surface area contributed by atoms with Crippen molar-refractivity contribution < 1.29 is 13.9 Å². The van der Waals surface area contributed by atoms with Crippen LogP contribution in [0.3, 0.4) is 0 Å². The van der Waals surface area contributed by atoms with Crippen molar-refractivity contribution in [3.63, 3.8) is 0 Å². The SMILES string of the molecule is CC(N[C@H](CO)c1ccccc1)c1ccc(F)c(F)c1. The second kappa shape index (κ2) is 6.59. The second-order valence-electron chi connectivity index (χ2n) is 4.71. The van der Waals surface area contributed by atoms with Crippen LogP contribution in [0.5, 0.6) is 0 Å². The van der Waals surface area contributed by atoms with Crippen molar-refractivity contribution in [2.24, 2.45) is 0 Å². The van der Waals surface area contributed by atoms with Crippen molar-refractivity contribution in [1.29, 1.82) is 0 Å². The molecule has 0 aliphatic heterocycles. The van der Waals surface area contributed by atoms with E-state index in [1.54, 1.807) is 0 Å². The first kappa shape index (κ1) is 14.6. The molecule has 0 aliphatic carbocycles. The van der Waals surface area contributed by atoms with Gasteiger partial charge in [-0.05, 0) is 30.2 Å². The lowest BCUT2D eigenvalue weighted by atomic mass is 10.0. The second-order valence-corrected chi connectivity index (χ2v) is 4.71. The molecule has 0 saturated carbocycles. The van der Waals surface area contributed by atoms with Gasteiger partial charge in [-0.25, -0.2) is 8.78 Å². The fourth-order valence-corrected chi connectivity index (χ4v) is 2.12. The highest BCUT2D eigenvalue weighted by molar-refractivity contribution is 5.23. The predicted octanol–water partition coefficient (Wildman–Crippen LogP) is 3.35. The summed E-state index contributed by atoms with van der Waals surface area (Å²) in [6, 6.07) is 12.9. The summed E-state index contributed by atoms with van der Waals surface area (Å²) in [6.45, 7) is 1.77. The van der Waals surface area contributed by atoms with E-state index in [0.29, 0.717) is 5.56 Å². The summed E-state index contributed by atoms with van der Waals surface area (Å²) in [7, 11) is 0. The molecule has 4 heteroatoms. The van der Waals surface area contributed by atoms with Crippen molar-refractivity contribution >= 4 is 0 Å². The zero-order valence-corrected chi connectivity index (χ0v) is 11.2. The van der Waals surface area contributed by atoms with Gasteiger partial charge in [-0.2, -0.15) is 0 Å². The maximum Gasteiger partial charge on any atom is 0.159 e. The minimum Gasteiger partial charge on any atom is -0.394 e. The molecule has 2 N–H and O–H groups in total. The lowest BCUT2D eigenvalue weighted by molar-refractivity contribution is 0.235. The van der Waals surface area contributed by atoms with Crippen LogP contribution in [-0.4, -0.2) is 11.7 Å². The smallest absolute Gasteiger partial charge is 0.159 e. The molecule has 0 fully saturated rings. The quantitative estimate of drug-likeness (QED) is 0.878. The summed E-state index contributed by atoms with van der Waals surface area (Å²) >= 11 is 0. The van der Waals surface area contributed by atoms with E-state index in [2.05, 4.69) is 5.32 Å². The Hall–Kier alpha value is -1.78. The Morgan fingerprint density at radius 1 is 1.00 bits per heavy atom. The molecule has 0 bridgehead atoms.